The van der Waals surface area contributed by atoms with Gasteiger partial charge < -0.3 is 9.88 Å². The zero-order chi connectivity index (χ0) is 15.8. The van der Waals surface area contributed by atoms with E-state index in [0.29, 0.717) is 42.4 Å². The minimum absolute atomic E-state index is 0.375. The molecule has 0 aromatic carbocycles. The average Bonchev–Trinajstić information content (AvgIpc) is 2.92. The van der Waals surface area contributed by atoms with Crippen LogP contribution in [0.1, 0.15) is 33.4 Å². The van der Waals surface area contributed by atoms with Crippen molar-refractivity contribution in [2.75, 3.05) is 13.1 Å². The topological polar surface area (TPSA) is 54.3 Å². The van der Waals surface area contributed by atoms with Gasteiger partial charge in [0.2, 0.25) is 10.0 Å². The molecular formula is C15H27N3O2S. The maximum Gasteiger partial charge on any atom is 0.244 e. The number of hydrogen-bond donors (Lipinski definition) is 1. The van der Waals surface area contributed by atoms with E-state index in [1.165, 1.54) is 0 Å². The zero-order valence-corrected chi connectivity index (χ0v) is 14.4. The Morgan fingerprint density at radius 2 is 1.86 bits per heavy atom. The highest BCUT2D eigenvalue weighted by atomic mass is 32.2. The molecule has 1 aliphatic heterocycles. The van der Waals surface area contributed by atoms with Crippen LogP contribution in [0.25, 0.3) is 0 Å². The fourth-order valence-corrected chi connectivity index (χ4v) is 4.36. The van der Waals surface area contributed by atoms with Crippen molar-refractivity contribution in [2.45, 2.75) is 45.2 Å². The number of hydrogen-bond acceptors (Lipinski definition) is 3. The number of aromatic nitrogens is 1. The molecule has 5 nitrogen and oxygen atoms in total. The third kappa shape index (κ3) is 3.49. The Morgan fingerprint density at radius 1 is 1.29 bits per heavy atom. The highest BCUT2D eigenvalue weighted by Gasteiger charge is 2.35. The van der Waals surface area contributed by atoms with Gasteiger partial charge in [0.1, 0.15) is 4.90 Å². The smallest absolute Gasteiger partial charge is 0.244 e. The Bertz CT molecular complexity index is 582. The standard InChI is InChI=1S/C15H27N3O2S/c1-11(2)16-7-14-6-15(10-17(14)5)21(19,20)18-8-12(3)13(4)9-18/h6,10-13,16H,7-9H2,1-5H3. The van der Waals surface area contributed by atoms with Gasteiger partial charge in [0.15, 0.2) is 0 Å². The second-order valence-electron chi connectivity index (χ2n) is 6.59. The van der Waals surface area contributed by atoms with E-state index >= 15 is 0 Å². The van der Waals surface area contributed by atoms with Crippen molar-refractivity contribution in [3.05, 3.63) is 18.0 Å². The van der Waals surface area contributed by atoms with E-state index < -0.39 is 10.0 Å². The summed E-state index contributed by atoms with van der Waals surface area (Å²) >= 11 is 0. The predicted octanol–water partition coefficient (Wildman–Crippen LogP) is 1.80. The van der Waals surface area contributed by atoms with Crippen LogP contribution < -0.4 is 5.32 Å². The molecule has 2 rings (SSSR count). The Balaban J connectivity index is 2.19. The molecule has 1 aliphatic rings. The van der Waals surface area contributed by atoms with Gasteiger partial charge in [-0.25, -0.2) is 8.42 Å². The van der Waals surface area contributed by atoms with Gasteiger partial charge >= 0.3 is 0 Å². The molecule has 1 aromatic rings. The van der Waals surface area contributed by atoms with Crippen molar-refractivity contribution in [1.29, 1.82) is 0 Å². The molecule has 0 amide bonds. The Morgan fingerprint density at radius 3 is 2.38 bits per heavy atom. The molecule has 1 N–H and O–H groups in total. The summed E-state index contributed by atoms with van der Waals surface area (Å²) in [4.78, 5) is 0.409. The van der Waals surface area contributed by atoms with Crippen LogP contribution in [0.15, 0.2) is 17.2 Å². The van der Waals surface area contributed by atoms with Gasteiger partial charge in [0.05, 0.1) is 0 Å². The molecule has 0 radical (unpaired) electrons. The Kier molecular flexibility index (Phi) is 4.80. The van der Waals surface area contributed by atoms with E-state index in [1.54, 1.807) is 16.6 Å². The second-order valence-corrected chi connectivity index (χ2v) is 8.53. The van der Waals surface area contributed by atoms with E-state index in [4.69, 9.17) is 0 Å². The van der Waals surface area contributed by atoms with Gasteiger partial charge in [0, 0.05) is 44.6 Å². The first-order valence-corrected chi connectivity index (χ1v) is 9.04. The number of sulfonamides is 1. The van der Waals surface area contributed by atoms with Crippen LogP contribution in [0, 0.1) is 11.8 Å². The zero-order valence-electron chi connectivity index (χ0n) is 13.6. The molecule has 1 saturated heterocycles. The maximum absolute atomic E-state index is 12.7. The van der Waals surface area contributed by atoms with Crippen LogP contribution in [-0.2, 0) is 23.6 Å². The fraction of sp³-hybridized carbons (Fsp3) is 0.733. The molecule has 1 aromatic heterocycles. The van der Waals surface area contributed by atoms with Crippen molar-refractivity contribution in [2.24, 2.45) is 18.9 Å². The summed E-state index contributed by atoms with van der Waals surface area (Å²) in [5.74, 6) is 0.844. The van der Waals surface area contributed by atoms with E-state index in [-0.39, 0.29) is 0 Å². The van der Waals surface area contributed by atoms with Crippen LogP contribution in [0.5, 0.6) is 0 Å². The number of aryl methyl sites for hydroxylation is 1. The summed E-state index contributed by atoms with van der Waals surface area (Å²) in [7, 11) is -1.47. The largest absolute Gasteiger partial charge is 0.352 e. The first-order valence-electron chi connectivity index (χ1n) is 7.60. The van der Waals surface area contributed by atoms with Crippen molar-refractivity contribution in [3.8, 4) is 0 Å². The highest BCUT2D eigenvalue weighted by molar-refractivity contribution is 7.89. The van der Waals surface area contributed by atoms with Gasteiger partial charge in [-0.1, -0.05) is 27.7 Å². The van der Waals surface area contributed by atoms with Gasteiger partial charge in [0.25, 0.3) is 0 Å². The van der Waals surface area contributed by atoms with Gasteiger partial charge in [-0.2, -0.15) is 4.31 Å². The molecule has 2 atom stereocenters. The van der Waals surface area contributed by atoms with E-state index in [2.05, 4.69) is 33.0 Å². The molecule has 1 fully saturated rings. The molecular weight excluding hydrogens is 286 g/mol. The molecule has 6 heteroatoms. The lowest BCUT2D eigenvalue weighted by Gasteiger charge is -2.14. The number of nitrogens with one attached hydrogen (secondary N) is 1. The second kappa shape index (κ2) is 6.10. The third-order valence-electron chi connectivity index (χ3n) is 4.37. The summed E-state index contributed by atoms with van der Waals surface area (Å²) < 4.78 is 29.0. The molecule has 0 aliphatic carbocycles. The third-order valence-corrected chi connectivity index (χ3v) is 6.16. The summed E-state index contributed by atoms with van der Waals surface area (Å²) in [5.41, 5.74) is 0.988. The summed E-state index contributed by atoms with van der Waals surface area (Å²) in [6.45, 7) is 10.3. The van der Waals surface area contributed by atoms with Crippen LogP contribution in [0.4, 0.5) is 0 Å². The predicted molar refractivity (Wildman–Crippen MR) is 84.5 cm³/mol. The minimum atomic E-state index is -3.36. The van der Waals surface area contributed by atoms with Crippen LogP contribution in [-0.4, -0.2) is 36.4 Å². The van der Waals surface area contributed by atoms with Gasteiger partial charge in [-0.05, 0) is 17.9 Å². The van der Waals surface area contributed by atoms with Crippen molar-refractivity contribution < 1.29 is 8.42 Å². The summed E-state index contributed by atoms with van der Waals surface area (Å²) in [6, 6.07) is 2.17. The lowest BCUT2D eigenvalue weighted by atomic mass is 10.0. The first-order chi connectivity index (χ1) is 9.71. The normalized spacial score (nSPS) is 24.1. The van der Waals surface area contributed by atoms with Crippen molar-refractivity contribution >= 4 is 10.0 Å². The van der Waals surface area contributed by atoms with Crippen LogP contribution in [0.3, 0.4) is 0 Å². The highest BCUT2D eigenvalue weighted by Crippen LogP contribution is 2.28. The molecule has 0 spiro atoms. The summed E-state index contributed by atoms with van der Waals surface area (Å²) in [5, 5.41) is 3.32. The lowest BCUT2D eigenvalue weighted by Crippen LogP contribution is -2.28. The van der Waals surface area contributed by atoms with E-state index in [9.17, 15) is 8.42 Å². The lowest BCUT2D eigenvalue weighted by molar-refractivity contribution is 0.463. The molecule has 120 valence electrons. The first kappa shape index (κ1) is 16.5. The molecule has 2 heterocycles. The van der Waals surface area contributed by atoms with E-state index in [1.807, 2.05) is 11.6 Å². The van der Waals surface area contributed by atoms with Gasteiger partial charge in [-0.3, -0.25) is 0 Å². The monoisotopic (exact) mass is 313 g/mol. The Labute approximate surface area is 128 Å². The summed E-state index contributed by atoms with van der Waals surface area (Å²) in [6.07, 6.45) is 1.72. The molecule has 0 saturated carbocycles. The number of nitrogens with zero attached hydrogens (tertiary/aromatic N) is 2. The molecule has 0 bridgehead atoms. The van der Waals surface area contributed by atoms with E-state index in [0.717, 1.165) is 5.69 Å². The fourth-order valence-electron chi connectivity index (χ4n) is 2.62. The van der Waals surface area contributed by atoms with Gasteiger partial charge in [-0.15, -0.1) is 0 Å². The van der Waals surface area contributed by atoms with Crippen molar-refractivity contribution in [1.82, 2.24) is 14.2 Å². The van der Waals surface area contributed by atoms with Crippen LogP contribution >= 0.6 is 0 Å². The molecule has 21 heavy (non-hydrogen) atoms. The SMILES string of the molecule is CC(C)NCc1cc(S(=O)(=O)N2CC(C)C(C)C2)cn1C. The maximum atomic E-state index is 12.7. The quantitative estimate of drug-likeness (QED) is 0.902. The van der Waals surface area contributed by atoms with Crippen LogP contribution in [0.2, 0.25) is 0 Å². The minimum Gasteiger partial charge on any atom is -0.352 e. The molecule has 2 unspecified atom stereocenters. The number of rotatable bonds is 5. The Hall–Kier alpha value is -0.850. The average molecular weight is 313 g/mol. The van der Waals surface area contributed by atoms with Crippen molar-refractivity contribution in [3.63, 3.8) is 0 Å².